The third-order valence-electron chi connectivity index (χ3n) is 5.37. The van der Waals surface area contributed by atoms with Gasteiger partial charge < -0.3 is 31.9 Å². The molecule has 0 radical (unpaired) electrons. The first-order valence-corrected chi connectivity index (χ1v) is 11.6. The summed E-state index contributed by atoms with van der Waals surface area (Å²) in [4.78, 5) is 23.9. The van der Waals surface area contributed by atoms with E-state index < -0.39 is 0 Å². The molecule has 6 N–H and O–H groups in total. The summed E-state index contributed by atoms with van der Waals surface area (Å²) in [6.07, 6.45) is 0. The fourth-order valence-corrected chi connectivity index (χ4v) is 3.77. The molecule has 36 heavy (non-hydrogen) atoms. The Hall–Kier alpha value is -4.63. The molecule has 4 rings (SSSR count). The molecule has 8 nitrogen and oxygen atoms in total. The van der Waals surface area contributed by atoms with Crippen LogP contribution in [-0.4, -0.2) is 24.2 Å². The van der Waals surface area contributed by atoms with Crippen molar-refractivity contribution in [2.45, 2.75) is 6.92 Å². The summed E-state index contributed by atoms with van der Waals surface area (Å²) in [5, 5.41) is 19.8. The van der Waals surface area contributed by atoms with E-state index in [-0.39, 0.29) is 12.1 Å². The molecule has 0 aliphatic carbocycles. The molecular formula is C27H26N6O2S. The maximum absolute atomic E-state index is 12.5. The van der Waals surface area contributed by atoms with Crippen molar-refractivity contribution >= 4 is 68.6 Å². The van der Waals surface area contributed by atoms with Gasteiger partial charge in [0.25, 0.3) is 0 Å². The van der Waals surface area contributed by atoms with E-state index in [1.807, 2.05) is 61.5 Å². The fourth-order valence-electron chi connectivity index (χ4n) is 3.53. The first-order chi connectivity index (χ1) is 17.4. The zero-order chi connectivity index (χ0) is 25.5. The molecule has 4 aromatic carbocycles. The second-order valence-electron chi connectivity index (χ2n) is 8.03. The van der Waals surface area contributed by atoms with Gasteiger partial charge in [0.2, 0.25) is 0 Å². The van der Waals surface area contributed by atoms with Crippen molar-refractivity contribution < 1.29 is 9.59 Å². The van der Waals surface area contributed by atoms with Crippen molar-refractivity contribution in [1.82, 2.24) is 5.32 Å². The molecule has 0 bridgehead atoms. The highest BCUT2D eigenvalue weighted by Gasteiger charge is 2.07. The number of hydrogen-bond acceptors (Lipinski definition) is 3. The summed E-state index contributed by atoms with van der Waals surface area (Å²) in [5.41, 5.74) is 4.60. The Labute approximate surface area is 214 Å². The van der Waals surface area contributed by atoms with Crippen LogP contribution in [0.5, 0.6) is 0 Å². The van der Waals surface area contributed by atoms with Crippen LogP contribution in [0.2, 0.25) is 0 Å². The lowest BCUT2D eigenvalue weighted by Gasteiger charge is -2.13. The van der Waals surface area contributed by atoms with Gasteiger partial charge in [0.15, 0.2) is 5.11 Å². The Balaban J connectivity index is 1.29. The van der Waals surface area contributed by atoms with E-state index in [0.717, 1.165) is 33.4 Å². The lowest BCUT2D eigenvalue weighted by Crippen LogP contribution is -2.24. The Kier molecular flexibility index (Phi) is 7.62. The minimum Gasteiger partial charge on any atom is -0.341 e. The highest BCUT2D eigenvalue weighted by molar-refractivity contribution is 7.80. The molecule has 0 saturated heterocycles. The number of benzene rings is 4. The van der Waals surface area contributed by atoms with Crippen LogP contribution in [0.1, 0.15) is 5.56 Å². The summed E-state index contributed by atoms with van der Waals surface area (Å²) in [6, 6.07) is 25.8. The summed E-state index contributed by atoms with van der Waals surface area (Å²) in [7, 11) is 1.56. The Morgan fingerprint density at radius 2 is 1.06 bits per heavy atom. The number of thiocarbonyl (C=S) groups is 1. The predicted octanol–water partition coefficient (Wildman–Crippen LogP) is 6.35. The first kappa shape index (κ1) is 24.5. The molecule has 4 amide bonds. The van der Waals surface area contributed by atoms with Gasteiger partial charge in [-0.15, -0.1) is 0 Å². The van der Waals surface area contributed by atoms with Gasteiger partial charge in [-0.3, -0.25) is 0 Å². The maximum atomic E-state index is 12.5. The number of carbonyl (C=O) groups excluding carboxylic acids is 2. The summed E-state index contributed by atoms with van der Waals surface area (Å²) < 4.78 is 0. The Bertz CT molecular complexity index is 1400. The van der Waals surface area contributed by atoms with Crippen LogP contribution in [0.4, 0.5) is 38.0 Å². The molecule has 0 atom stereocenters. The van der Waals surface area contributed by atoms with E-state index in [4.69, 9.17) is 12.2 Å². The molecule has 0 aromatic heterocycles. The highest BCUT2D eigenvalue weighted by Crippen LogP contribution is 2.24. The first-order valence-electron chi connectivity index (χ1n) is 11.2. The van der Waals surface area contributed by atoms with Gasteiger partial charge in [0, 0.05) is 35.5 Å². The van der Waals surface area contributed by atoms with Crippen LogP contribution in [0.15, 0.2) is 84.9 Å². The Morgan fingerprint density at radius 1 is 0.611 bits per heavy atom. The second-order valence-corrected chi connectivity index (χ2v) is 8.44. The molecule has 0 fully saturated rings. The Morgan fingerprint density at radius 3 is 1.56 bits per heavy atom. The lowest BCUT2D eigenvalue weighted by atomic mass is 10.1. The van der Waals surface area contributed by atoms with Gasteiger partial charge in [-0.2, -0.15) is 0 Å². The second kappa shape index (κ2) is 11.2. The average Bonchev–Trinajstić information content (AvgIpc) is 2.86. The topological polar surface area (TPSA) is 106 Å². The quantitative estimate of drug-likeness (QED) is 0.180. The monoisotopic (exact) mass is 498 g/mol. The molecule has 0 aliphatic heterocycles. The van der Waals surface area contributed by atoms with Gasteiger partial charge >= 0.3 is 12.1 Å². The van der Waals surface area contributed by atoms with E-state index in [2.05, 4.69) is 38.0 Å². The molecule has 0 heterocycles. The van der Waals surface area contributed by atoms with E-state index in [9.17, 15) is 9.59 Å². The van der Waals surface area contributed by atoms with Crippen LogP contribution in [-0.2, 0) is 0 Å². The molecule has 9 heteroatoms. The lowest BCUT2D eigenvalue weighted by molar-refractivity contribution is 0.254. The number of carbonyl (C=O) groups is 2. The smallest absolute Gasteiger partial charge is 0.323 e. The van der Waals surface area contributed by atoms with Crippen molar-refractivity contribution in [3.8, 4) is 0 Å². The minimum absolute atomic E-state index is 0.285. The SMILES string of the molecule is CNC(=O)Nc1ccc(NC(=S)Nc2ccc(NC(=O)Nc3cc4ccccc4cc3C)cc2)cc1. The number of urea groups is 2. The van der Waals surface area contributed by atoms with Crippen molar-refractivity contribution in [2.24, 2.45) is 0 Å². The van der Waals surface area contributed by atoms with E-state index in [1.54, 1.807) is 31.3 Å². The third kappa shape index (κ3) is 6.49. The number of anilines is 5. The van der Waals surface area contributed by atoms with Gasteiger partial charge in [-0.1, -0.05) is 24.3 Å². The number of fused-ring (bicyclic) bond motifs is 1. The van der Waals surface area contributed by atoms with Crippen molar-refractivity contribution in [3.63, 3.8) is 0 Å². The standard InChI is InChI=1S/C27H26N6O2S/c1-17-15-18-5-3-4-6-19(18)16-24(17)33-26(35)30-21-9-13-23(14-10-21)32-27(36)31-22-11-7-20(8-12-22)29-25(34)28-2/h3-16H,1-2H3,(H2,28,29,34)(H2,30,33,35)(H2,31,32,36). The summed E-state index contributed by atoms with van der Waals surface area (Å²) in [6.45, 7) is 1.97. The molecule has 4 aromatic rings. The molecule has 182 valence electrons. The molecule has 0 unspecified atom stereocenters. The average molecular weight is 499 g/mol. The number of aryl methyl sites for hydroxylation is 1. The molecule has 0 saturated carbocycles. The van der Waals surface area contributed by atoms with Crippen LogP contribution in [0.3, 0.4) is 0 Å². The molecule has 0 aliphatic rings. The molecule has 0 spiro atoms. The molecular weight excluding hydrogens is 472 g/mol. The summed E-state index contributed by atoms with van der Waals surface area (Å²) >= 11 is 5.38. The van der Waals surface area contributed by atoms with Crippen molar-refractivity contribution in [3.05, 3.63) is 90.5 Å². The van der Waals surface area contributed by atoms with Crippen LogP contribution >= 0.6 is 12.2 Å². The van der Waals surface area contributed by atoms with Crippen LogP contribution < -0.4 is 31.9 Å². The van der Waals surface area contributed by atoms with Crippen molar-refractivity contribution in [2.75, 3.05) is 33.6 Å². The van der Waals surface area contributed by atoms with E-state index in [0.29, 0.717) is 16.5 Å². The number of rotatable bonds is 5. The van der Waals surface area contributed by atoms with Gasteiger partial charge in [0.05, 0.1) is 0 Å². The predicted molar refractivity (Wildman–Crippen MR) is 152 cm³/mol. The number of nitrogens with one attached hydrogen (secondary N) is 6. The third-order valence-corrected chi connectivity index (χ3v) is 5.57. The van der Waals surface area contributed by atoms with Gasteiger partial charge in [-0.05, 0) is 96.1 Å². The van der Waals surface area contributed by atoms with Crippen LogP contribution in [0, 0.1) is 6.92 Å². The zero-order valence-electron chi connectivity index (χ0n) is 19.8. The normalized spacial score (nSPS) is 10.3. The number of hydrogen-bond donors (Lipinski definition) is 6. The highest BCUT2D eigenvalue weighted by atomic mass is 32.1. The van der Waals surface area contributed by atoms with Crippen molar-refractivity contribution in [1.29, 1.82) is 0 Å². The van der Waals surface area contributed by atoms with Gasteiger partial charge in [-0.25, -0.2) is 9.59 Å². The van der Waals surface area contributed by atoms with Gasteiger partial charge in [0.1, 0.15) is 0 Å². The van der Waals surface area contributed by atoms with E-state index >= 15 is 0 Å². The fraction of sp³-hybridized carbons (Fsp3) is 0.0741. The largest absolute Gasteiger partial charge is 0.341 e. The number of amides is 4. The zero-order valence-corrected chi connectivity index (χ0v) is 20.6. The maximum Gasteiger partial charge on any atom is 0.323 e. The minimum atomic E-state index is -0.319. The summed E-state index contributed by atoms with van der Waals surface area (Å²) in [5.74, 6) is 0. The van der Waals surface area contributed by atoms with Crippen LogP contribution in [0.25, 0.3) is 10.8 Å². The van der Waals surface area contributed by atoms with E-state index in [1.165, 1.54) is 0 Å².